The van der Waals surface area contributed by atoms with Gasteiger partial charge < -0.3 is 29.8 Å². The maximum absolute atomic E-state index is 12.0. The summed E-state index contributed by atoms with van der Waals surface area (Å²) in [7, 11) is 0. The van der Waals surface area contributed by atoms with Crippen molar-refractivity contribution in [3.63, 3.8) is 0 Å². The molecule has 0 radical (unpaired) electrons. The highest BCUT2D eigenvalue weighted by Crippen LogP contribution is 2.22. The van der Waals surface area contributed by atoms with E-state index < -0.39 is 6.29 Å². The molecule has 24 heavy (non-hydrogen) atoms. The molecule has 0 bridgehead atoms. The van der Waals surface area contributed by atoms with Crippen molar-refractivity contribution in [3.8, 4) is 0 Å². The summed E-state index contributed by atoms with van der Waals surface area (Å²) in [6, 6.07) is 0. The number of halogens is 1. The second-order valence-corrected chi connectivity index (χ2v) is 5.92. The van der Waals surface area contributed by atoms with Crippen LogP contribution in [0.5, 0.6) is 0 Å². The van der Waals surface area contributed by atoms with Crippen LogP contribution in [-0.2, 0) is 27.4 Å². The van der Waals surface area contributed by atoms with Gasteiger partial charge in [-0.1, -0.05) is 23.8 Å². The third kappa shape index (κ3) is 4.15. The van der Waals surface area contributed by atoms with Crippen LogP contribution in [0.25, 0.3) is 0 Å². The van der Waals surface area contributed by atoms with Gasteiger partial charge in [0.15, 0.2) is 12.1 Å². The maximum atomic E-state index is 12.0. The third-order valence-electron chi connectivity index (χ3n) is 3.82. The maximum Gasteiger partial charge on any atom is 0.241 e. The quantitative estimate of drug-likeness (QED) is 0.656. The molecule has 0 aromatic carbocycles. The number of aromatic nitrogens is 2. The largest absolute Gasteiger partial charge is 0.367 e. The van der Waals surface area contributed by atoms with Gasteiger partial charge in [-0.05, 0) is 12.5 Å². The van der Waals surface area contributed by atoms with Crippen molar-refractivity contribution < 1.29 is 19.4 Å². The molecule has 8 nitrogen and oxygen atoms in total. The molecule has 0 fully saturated rings. The minimum absolute atomic E-state index is 0.0760. The van der Waals surface area contributed by atoms with Crippen molar-refractivity contribution in [1.29, 1.82) is 0 Å². The fourth-order valence-electron chi connectivity index (χ4n) is 2.47. The van der Waals surface area contributed by atoms with E-state index in [-0.39, 0.29) is 25.1 Å². The number of carbonyl (C=O) groups excluding carboxylic acids is 1. The average Bonchev–Trinajstić information content (AvgIpc) is 2.98. The SMILES string of the molecule is O=C(Cn1cnc2c1COCN2)NCOC(O)C1C=CC(Cl)=CC1. The first-order chi connectivity index (χ1) is 11.6. The Balaban J connectivity index is 1.41. The number of aliphatic hydroxyl groups excluding tert-OH is 1. The fourth-order valence-corrected chi connectivity index (χ4v) is 2.64. The van der Waals surface area contributed by atoms with Crippen LogP contribution in [0.15, 0.2) is 29.6 Å². The third-order valence-corrected chi connectivity index (χ3v) is 4.10. The minimum atomic E-state index is -0.999. The Morgan fingerprint density at radius 1 is 1.67 bits per heavy atom. The van der Waals surface area contributed by atoms with Gasteiger partial charge in [0.2, 0.25) is 5.91 Å². The summed E-state index contributed by atoms with van der Waals surface area (Å²) in [6.45, 7) is 0.856. The van der Waals surface area contributed by atoms with Gasteiger partial charge in [0, 0.05) is 11.0 Å². The standard InChI is InChI=1S/C15H19ClN4O4/c16-11-3-1-10(2-4-11)15(22)24-9-18-13(21)5-20-7-17-14-12(20)6-23-8-19-14/h1,3-4,7,10,15,19,22H,2,5-6,8-9H2,(H,18,21). The molecule has 0 spiro atoms. The number of fused-ring (bicyclic) bond motifs is 1. The van der Waals surface area contributed by atoms with E-state index in [1.165, 1.54) is 0 Å². The molecule has 130 valence electrons. The molecule has 1 aromatic rings. The van der Waals surface area contributed by atoms with Crippen LogP contribution in [-0.4, -0.2) is 40.3 Å². The highest BCUT2D eigenvalue weighted by molar-refractivity contribution is 6.31. The predicted molar refractivity (Wildman–Crippen MR) is 86.8 cm³/mol. The Labute approximate surface area is 144 Å². The number of hydrogen-bond donors (Lipinski definition) is 3. The van der Waals surface area contributed by atoms with Crippen LogP contribution in [0.3, 0.4) is 0 Å². The topological polar surface area (TPSA) is 97.6 Å². The lowest BCUT2D eigenvalue weighted by Gasteiger charge is -2.21. The number of ether oxygens (including phenoxy) is 2. The number of hydrogen-bond acceptors (Lipinski definition) is 6. The molecule has 2 atom stereocenters. The van der Waals surface area contributed by atoms with Crippen LogP contribution in [0.2, 0.25) is 0 Å². The second kappa shape index (κ2) is 7.80. The molecule has 1 amide bonds. The first-order valence-corrected chi connectivity index (χ1v) is 7.97. The number of amides is 1. The van der Waals surface area contributed by atoms with E-state index in [1.807, 2.05) is 6.08 Å². The number of rotatable bonds is 6. The predicted octanol–water partition coefficient (Wildman–Crippen LogP) is 0.890. The fraction of sp³-hybridized carbons (Fsp3) is 0.467. The summed E-state index contributed by atoms with van der Waals surface area (Å²) in [5.41, 5.74) is 0.827. The number of allylic oxidation sites excluding steroid dienone is 3. The summed E-state index contributed by atoms with van der Waals surface area (Å²) >= 11 is 5.82. The van der Waals surface area contributed by atoms with Gasteiger partial charge in [-0.2, -0.15) is 0 Å². The lowest BCUT2D eigenvalue weighted by Crippen LogP contribution is -2.34. The molecular formula is C15H19ClN4O4. The number of aliphatic hydroxyl groups is 1. The van der Waals surface area contributed by atoms with Gasteiger partial charge in [0.25, 0.3) is 0 Å². The normalized spacial score (nSPS) is 20.8. The van der Waals surface area contributed by atoms with Crippen LogP contribution >= 0.6 is 11.6 Å². The zero-order chi connectivity index (χ0) is 16.9. The Kier molecular flexibility index (Phi) is 5.52. The summed E-state index contributed by atoms with van der Waals surface area (Å²) in [5.74, 6) is 0.319. The molecule has 1 aliphatic carbocycles. The highest BCUT2D eigenvalue weighted by atomic mass is 35.5. The van der Waals surface area contributed by atoms with Gasteiger partial charge >= 0.3 is 0 Å². The van der Waals surface area contributed by atoms with Crippen molar-refractivity contribution in [1.82, 2.24) is 14.9 Å². The van der Waals surface area contributed by atoms with E-state index in [1.54, 1.807) is 23.0 Å². The number of nitrogens with zero attached hydrogens (tertiary/aromatic N) is 2. The molecule has 9 heteroatoms. The summed E-state index contributed by atoms with van der Waals surface area (Å²) in [6.07, 6.45) is 6.51. The van der Waals surface area contributed by atoms with Crippen LogP contribution in [0, 0.1) is 5.92 Å². The monoisotopic (exact) mass is 354 g/mol. The van der Waals surface area contributed by atoms with Crippen LogP contribution < -0.4 is 10.6 Å². The van der Waals surface area contributed by atoms with E-state index in [0.717, 1.165) is 11.5 Å². The van der Waals surface area contributed by atoms with Gasteiger partial charge in [0.05, 0.1) is 18.6 Å². The van der Waals surface area contributed by atoms with E-state index in [0.29, 0.717) is 24.8 Å². The van der Waals surface area contributed by atoms with E-state index in [4.69, 9.17) is 21.1 Å². The Bertz CT molecular complexity index is 658. The highest BCUT2D eigenvalue weighted by Gasteiger charge is 2.19. The van der Waals surface area contributed by atoms with Crippen molar-refractivity contribution in [3.05, 3.63) is 35.3 Å². The second-order valence-electron chi connectivity index (χ2n) is 5.49. The smallest absolute Gasteiger partial charge is 0.241 e. The number of carbonyl (C=O) groups is 1. The molecule has 0 saturated carbocycles. The first kappa shape index (κ1) is 17.0. The van der Waals surface area contributed by atoms with Crippen molar-refractivity contribution in [2.24, 2.45) is 5.92 Å². The average molecular weight is 355 g/mol. The molecule has 0 saturated heterocycles. The van der Waals surface area contributed by atoms with Gasteiger partial charge in [-0.15, -0.1) is 0 Å². The van der Waals surface area contributed by atoms with Crippen LogP contribution in [0.1, 0.15) is 12.1 Å². The lowest BCUT2D eigenvalue weighted by atomic mass is 10.0. The molecule has 1 aromatic heterocycles. The minimum Gasteiger partial charge on any atom is -0.367 e. The molecule has 3 rings (SSSR count). The zero-order valence-electron chi connectivity index (χ0n) is 12.9. The van der Waals surface area contributed by atoms with Crippen molar-refractivity contribution >= 4 is 23.3 Å². The molecule has 1 aliphatic heterocycles. The summed E-state index contributed by atoms with van der Waals surface area (Å²) < 4.78 is 12.3. The molecular weight excluding hydrogens is 336 g/mol. The lowest BCUT2D eigenvalue weighted by molar-refractivity contribution is -0.140. The van der Waals surface area contributed by atoms with E-state index in [9.17, 15) is 9.90 Å². The van der Waals surface area contributed by atoms with Crippen molar-refractivity contribution in [2.45, 2.75) is 25.9 Å². The van der Waals surface area contributed by atoms with Crippen molar-refractivity contribution in [2.75, 3.05) is 18.8 Å². The number of nitrogens with one attached hydrogen (secondary N) is 2. The Morgan fingerprint density at radius 2 is 2.54 bits per heavy atom. The van der Waals surface area contributed by atoms with E-state index in [2.05, 4.69) is 15.6 Å². The number of anilines is 1. The summed E-state index contributed by atoms with van der Waals surface area (Å²) in [5, 5.41) is 16.2. The van der Waals surface area contributed by atoms with Gasteiger partial charge in [-0.3, -0.25) is 4.79 Å². The van der Waals surface area contributed by atoms with E-state index >= 15 is 0 Å². The first-order valence-electron chi connectivity index (χ1n) is 7.59. The molecule has 3 N–H and O–H groups in total. The van der Waals surface area contributed by atoms with Gasteiger partial charge in [-0.25, -0.2) is 4.98 Å². The molecule has 2 heterocycles. The Hall–Kier alpha value is -1.87. The molecule has 2 aliphatic rings. The Morgan fingerprint density at radius 3 is 3.33 bits per heavy atom. The number of imidazole rings is 1. The van der Waals surface area contributed by atoms with Crippen LogP contribution in [0.4, 0.5) is 5.82 Å². The molecule has 2 unspecified atom stereocenters. The zero-order valence-corrected chi connectivity index (χ0v) is 13.7. The van der Waals surface area contributed by atoms with Gasteiger partial charge in [0.1, 0.15) is 20.0 Å². The summed E-state index contributed by atoms with van der Waals surface area (Å²) in [4.78, 5) is 16.2.